The van der Waals surface area contributed by atoms with E-state index in [2.05, 4.69) is 25.6 Å². The van der Waals surface area contributed by atoms with Crippen molar-refractivity contribution >= 4 is 38.3 Å². The van der Waals surface area contributed by atoms with E-state index in [1.54, 1.807) is 11.6 Å². The third kappa shape index (κ3) is 4.64. The molecule has 0 aliphatic rings. The molecule has 0 spiro atoms. The van der Waals surface area contributed by atoms with Gasteiger partial charge in [0, 0.05) is 25.6 Å². The normalized spacial score (nSPS) is 13.6. The van der Waals surface area contributed by atoms with Crippen molar-refractivity contribution in [1.82, 2.24) is 19.5 Å². The average Bonchev–Trinajstić information content (AvgIpc) is 2.99. The van der Waals surface area contributed by atoms with E-state index in [0.29, 0.717) is 22.7 Å². The van der Waals surface area contributed by atoms with Crippen molar-refractivity contribution in [2.24, 2.45) is 13.0 Å². The first-order chi connectivity index (χ1) is 13.9. The minimum atomic E-state index is -4.45. The Morgan fingerprint density at radius 2 is 1.83 bits per heavy atom. The highest BCUT2D eigenvalue weighted by molar-refractivity contribution is 7.90. The lowest BCUT2D eigenvalue weighted by Gasteiger charge is -2.25. The van der Waals surface area contributed by atoms with Crippen LogP contribution in [0.4, 0.5) is 30.5 Å². The first-order valence-electron chi connectivity index (χ1n) is 8.94. The predicted molar refractivity (Wildman–Crippen MR) is 107 cm³/mol. The summed E-state index contributed by atoms with van der Waals surface area (Å²) < 4.78 is 64.9. The molecule has 3 aromatic rings. The second-order valence-electron chi connectivity index (χ2n) is 7.27. The van der Waals surface area contributed by atoms with Crippen molar-refractivity contribution in [2.45, 2.75) is 31.0 Å². The van der Waals surface area contributed by atoms with Gasteiger partial charge in [0.25, 0.3) is 0 Å². The summed E-state index contributed by atoms with van der Waals surface area (Å²) in [6.07, 6.45) is -0.683. The molecule has 3 rings (SSSR count). The number of nitrogens with one attached hydrogen (secondary N) is 2. The van der Waals surface area contributed by atoms with Gasteiger partial charge in [0.05, 0.1) is 16.9 Å². The molecule has 0 aliphatic heterocycles. The average molecular weight is 442 g/mol. The Bertz CT molecular complexity index is 1160. The fourth-order valence-electron chi connectivity index (χ4n) is 2.86. The molecule has 3 aromatic heterocycles. The van der Waals surface area contributed by atoms with E-state index in [-0.39, 0.29) is 10.7 Å². The Kier molecular flexibility index (Phi) is 5.63. The molecule has 0 aromatic carbocycles. The van der Waals surface area contributed by atoms with Gasteiger partial charge in [-0.3, -0.25) is 0 Å². The molecule has 0 radical (unpaired) electrons. The number of sulfone groups is 1. The highest BCUT2D eigenvalue weighted by Crippen LogP contribution is 2.31. The number of hydrogen-bond acceptors (Lipinski definition) is 7. The van der Waals surface area contributed by atoms with Gasteiger partial charge in [-0.15, -0.1) is 0 Å². The van der Waals surface area contributed by atoms with Gasteiger partial charge in [-0.1, -0.05) is 13.8 Å². The second-order valence-corrected chi connectivity index (χ2v) is 9.28. The molecule has 162 valence electrons. The standard InChI is InChI=1S/C18H21F3N6O2S/c1-10(2)16(18(19,20)21)25-14-7-12(15-17(26-14)27(3)9-23-15)24-13-6-5-11(8-22-13)30(4,28)29/h5-10,16H,1-4H3,(H2,22,24,25,26). The van der Waals surface area contributed by atoms with Crippen molar-refractivity contribution in [2.75, 3.05) is 16.9 Å². The van der Waals surface area contributed by atoms with E-state index in [1.165, 1.54) is 44.6 Å². The van der Waals surface area contributed by atoms with Crippen LogP contribution in [0.1, 0.15) is 13.8 Å². The summed E-state index contributed by atoms with van der Waals surface area (Å²) in [6.45, 7) is 2.94. The van der Waals surface area contributed by atoms with Crippen LogP contribution in [0, 0.1) is 5.92 Å². The number of imidazole rings is 1. The van der Waals surface area contributed by atoms with E-state index in [4.69, 9.17) is 0 Å². The summed E-state index contributed by atoms with van der Waals surface area (Å²) in [4.78, 5) is 12.6. The molecule has 0 aliphatic carbocycles. The molecule has 1 atom stereocenters. The highest BCUT2D eigenvalue weighted by atomic mass is 32.2. The Balaban J connectivity index is 2.00. The molecule has 2 N–H and O–H groups in total. The van der Waals surface area contributed by atoms with Crippen LogP contribution in [0.3, 0.4) is 0 Å². The maximum atomic E-state index is 13.4. The van der Waals surface area contributed by atoms with Crippen LogP contribution >= 0.6 is 0 Å². The van der Waals surface area contributed by atoms with Gasteiger partial charge in [0.2, 0.25) is 0 Å². The number of aromatic nitrogens is 4. The topological polar surface area (TPSA) is 102 Å². The molecule has 1 unspecified atom stereocenters. The number of anilines is 3. The molecule has 0 fully saturated rings. The first kappa shape index (κ1) is 21.8. The van der Waals surface area contributed by atoms with Crippen molar-refractivity contribution < 1.29 is 21.6 Å². The maximum absolute atomic E-state index is 13.4. The smallest absolute Gasteiger partial charge is 0.358 e. The lowest BCUT2D eigenvalue weighted by atomic mass is 10.0. The van der Waals surface area contributed by atoms with Crippen molar-refractivity contribution in [3.63, 3.8) is 0 Å². The van der Waals surface area contributed by atoms with Gasteiger partial charge in [-0.2, -0.15) is 13.2 Å². The lowest BCUT2D eigenvalue weighted by Crippen LogP contribution is -2.40. The molecule has 8 nitrogen and oxygen atoms in total. The van der Waals surface area contributed by atoms with Gasteiger partial charge < -0.3 is 15.2 Å². The molecule has 0 amide bonds. The molecular weight excluding hydrogens is 421 g/mol. The minimum Gasteiger partial charge on any atom is -0.358 e. The number of fused-ring (bicyclic) bond motifs is 1. The van der Waals surface area contributed by atoms with Gasteiger partial charge in [-0.05, 0) is 18.1 Å². The fraction of sp³-hybridized carbons (Fsp3) is 0.389. The van der Waals surface area contributed by atoms with E-state index >= 15 is 0 Å². The second kappa shape index (κ2) is 7.74. The van der Waals surface area contributed by atoms with Crippen LogP contribution in [0.25, 0.3) is 11.2 Å². The van der Waals surface area contributed by atoms with Crippen molar-refractivity contribution in [3.8, 4) is 0 Å². The van der Waals surface area contributed by atoms with E-state index in [9.17, 15) is 21.6 Å². The summed E-state index contributed by atoms with van der Waals surface area (Å²) in [7, 11) is -1.72. The predicted octanol–water partition coefficient (Wildman–Crippen LogP) is 3.51. The van der Waals surface area contributed by atoms with Crippen molar-refractivity contribution in [3.05, 3.63) is 30.7 Å². The maximum Gasteiger partial charge on any atom is 0.408 e. The number of aryl methyl sites for hydroxylation is 1. The molecule has 3 heterocycles. The number of alkyl halides is 3. The largest absolute Gasteiger partial charge is 0.408 e. The van der Waals surface area contributed by atoms with Crippen LogP contribution in [0.2, 0.25) is 0 Å². The number of pyridine rings is 2. The molecular formula is C18H21F3N6O2S. The molecule has 0 saturated carbocycles. The summed E-state index contributed by atoms with van der Waals surface area (Å²) >= 11 is 0. The third-order valence-electron chi connectivity index (χ3n) is 4.42. The van der Waals surface area contributed by atoms with Gasteiger partial charge >= 0.3 is 6.18 Å². The molecule has 0 bridgehead atoms. The van der Waals surface area contributed by atoms with Crippen LogP contribution < -0.4 is 10.6 Å². The van der Waals surface area contributed by atoms with Crippen LogP contribution in [-0.4, -0.2) is 46.4 Å². The monoisotopic (exact) mass is 442 g/mol. The van der Waals surface area contributed by atoms with E-state index in [0.717, 1.165) is 6.26 Å². The highest BCUT2D eigenvalue weighted by Gasteiger charge is 2.42. The Morgan fingerprint density at radius 1 is 1.13 bits per heavy atom. The first-order valence-corrected chi connectivity index (χ1v) is 10.8. The molecule has 12 heteroatoms. The summed E-state index contributed by atoms with van der Waals surface area (Å²) in [6, 6.07) is 2.49. The minimum absolute atomic E-state index is 0.0254. The number of nitrogens with zero attached hydrogens (tertiary/aromatic N) is 4. The zero-order valence-corrected chi connectivity index (χ0v) is 17.5. The van der Waals surface area contributed by atoms with Crippen LogP contribution in [-0.2, 0) is 16.9 Å². The Morgan fingerprint density at radius 3 is 2.37 bits per heavy atom. The van der Waals surface area contributed by atoms with Gasteiger partial charge in [0.15, 0.2) is 15.5 Å². The lowest BCUT2D eigenvalue weighted by molar-refractivity contribution is -0.150. The third-order valence-corrected chi connectivity index (χ3v) is 5.52. The summed E-state index contributed by atoms with van der Waals surface area (Å²) in [5, 5.41) is 5.44. The molecule has 0 saturated heterocycles. The summed E-state index contributed by atoms with van der Waals surface area (Å²) in [5.74, 6) is -0.379. The number of rotatable bonds is 6. The van der Waals surface area contributed by atoms with Gasteiger partial charge in [0.1, 0.15) is 23.2 Å². The Hall–Kier alpha value is -2.89. The zero-order chi connectivity index (χ0) is 22.3. The fourth-order valence-corrected chi connectivity index (χ4v) is 3.42. The SMILES string of the molecule is CC(C)C(Nc1cc(Nc2ccc(S(C)(=O)=O)cn2)c2ncn(C)c2n1)C(F)(F)F. The molecule has 30 heavy (non-hydrogen) atoms. The summed E-state index contributed by atoms with van der Waals surface area (Å²) in [5.41, 5.74) is 1.19. The number of halogens is 3. The van der Waals surface area contributed by atoms with Crippen molar-refractivity contribution in [1.29, 1.82) is 0 Å². The number of hydrogen-bond donors (Lipinski definition) is 2. The van der Waals surface area contributed by atoms with Crippen LogP contribution in [0.5, 0.6) is 0 Å². The quantitative estimate of drug-likeness (QED) is 0.602. The Labute approximate surface area is 171 Å². The van der Waals surface area contributed by atoms with E-state index < -0.39 is 28.0 Å². The van der Waals surface area contributed by atoms with Crippen LogP contribution in [0.15, 0.2) is 35.6 Å². The van der Waals surface area contributed by atoms with E-state index in [1.807, 2.05) is 0 Å². The zero-order valence-electron chi connectivity index (χ0n) is 16.7. The van der Waals surface area contributed by atoms with Gasteiger partial charge in [-0.25, -0.2) is 23.4 Å².